The number of halogens is 1. The first-order valence-corrected chi connectivity index (χ1v) is 10.0. The second-order valence-electron chi connectivity index (χ2n) is 6.48. The summed E-state index contributed by atoms with van der Waals surface area (Å²) in [5.41, 5.74) is 5.78. The van der Waals surface area contributed by atoms with Crippen LogP contribution in [0.1, 0.15) is 11.1 Å². The normalized spacial score (nSPS) is 10.9. The van der Waals surface area contributed by atoms with Crippen molar-refractivity contribution in [1.82, 2.24) is 0 Å². The Bertz CT molecular complexity index is 998. The third-order valence-electron chi connectivity index (χ3n) is 4.52. The van der Waals surface area contributed by atoms with Gasteiger partial charge in [-0.05, 0) is 59.7 Å². The topological polar surface area (TPSA) is 3.24 Å². The minimum absolute atomic E-state index is 1.09. The number of hydrogen-bond acceptors (Lipinski definition) is 1. The molecule has 0 atom stereocenters. The van der Waals surface area contributed by atoms with Crippen LogP contribution in [-0.2, 0) is 0 Å². The van der Waals surface area contributed by atoms with Crippen LogP contribution in [-0.4, -0.2) is 0 Å². The molecule has 0 aliphatic carbocycles. The van der Waals surface area contributed by atoms with Gasteiger partial charge in [0.05, 0.1) is 0 Å². The Balaban J connectivity index is 1.62. The molecule has 136 valence electrons. The predicted molar refractivity (Wildman–Crippen MR) is 124 cm³/mol. The highest BCUT2D eigenvalue weighted by atomic mass is 79.9. The Kier molecular flexibility index (Phi) is 5.69. The van der Waals surface area contributed by atoms with Crippen LogP contribution in [0.25, 0.3) is 12.2 Å². The van der Waals surface area contributed by atoms with Crippen LogP contribution in [0, 0.1) is 0 Å². The minimum atomic E-state index is 1.09. The molecule has 0 aliphatic rings. The molecule has 0 saturated carbocycles. The van der Waals surface area contributed by atoms with Crippen molar-refractivity contribution >= 4 is 45.1 Å². The molecule has 0 spiro atoms. The molecule has 0 unspecified atom stereocenters. The zero-order valence-electron chi connectivity index (χ0n) is 15.4. The molecule has 0 aliphatic heterocycles. The third-order valence-corrected chi connectivity index (χ3v) is 5.05. The van der Waals surface area contributed by atoms with Crippen molar-refractivity contribution in [2.24, 2.45) is 0 Å². The van der Waals surface area contributed by atoms with Gasteiger partial charge in [0.2, 0.25) is 0 Å². The van der Waals surface area contributed by atoms with Crippen molar-refractivity contribution in [3.05, 3.63) is 125 Å². The molecule has 4 aromatic rings. The van der Waals surface area contributed by atoms with E-state index in [0.717, 1.165) is 21.5 Å². The van der Waals surface area contributed by atoms with Gasteiger partial charge in [-0.1, -0.05) is 88.7 Å². The van der Waals surface area contributed by atoms with Gasteiger partial charge in [0.15, 0.2) is 0 Å². The third kappa shape index (κ3) is 4.41. The predicted octanol–water partition coefficient (Wildman–Crippen LogP) is 8.09. The maximum absolute atomic E-state index is 3.47. The first-order valence-electron chi connectivity index (χ1n) is 9.23. The fourth-order valence-corrected chi connectivity index (χ4v) is 3.37. The summed E-state index contributed by atoms with van der Waals surface area (Å²) in [6.45, 7) is 0. The average molecular weight is 426 g/mol. The molecular formula is C26H20BrN. The van der Waals surface area contributed by atoms with Crippen molar-refractivity contribution in [2.75, 3.05) is 4.90 Å². The van der Waals surface area contributed by atoms with Gasteiger partial charge in [0.1, 0.15) is 0 Å². The van der Waals surface area contributed by atoms with Gasteiger partial charge < -0.3 is 4.90 Å². The van der Waals surface area contributed by atoms with E-state index in [-0.39, 0.29) is 0 Å². The van der Waals surface area contributed by atoms with Gasteiger partial charge in [-0.3, -0.25) is 0 Å². The monoisotopic (exact) mass is 425 g/mol. The fraction of sp³-hybridized carbons (Fsp3) is 0. The van der Waals surface area contributed by atoms with E-state index >= 15 is 0 Å². The van der Waals surface area contributed by atoms with Crippen molar-refractivity contribution in [1.29, 1.82) is 0 Å². The highest BCUT2D eigenvalue weighted by Gasteiger charge is 2.11. The Morgan fingerprint density at radius 2 is 0.857 bits per heavy atom. The molecule has 1 nitrogen and oxygen atoms in total. The highest BCUT2D eigenvalue weighted by molar-refractivity contribution is 9.10. The summed E-state index contributed by atoms with van der Waals surface area (Å²) in [4.78, 5) is 2.27. The van der Waals surface area contributed by atoms with Gasteiger partial charge in [0.25, 0.3) is 0 Å². The van der Waals surface area contributed by atoms with E-state index < -0.39 is 0 Å². The second kappa shape index (κ2) is 8.73. The van der Waals surface area contributed by atoms with Gasteiger partial charge in [-0.2, -0.15) is 0 Å². The molecule has 0 aromatic heterocycles. The molecular weight excluding hydrogens is 406 g/mol. The van der Waals surface area contributed by atoms with Crippen LogP contribution in [0.3, 0.4) is 0 Å². The lowest BCUT2D eigenvalue weighted by Crippen LogP contribution is -2.09. The maximum atomic E-state index is 3.47. The molecule has 0 radical (unpaired) electrons. The Labute approximate surface area is 174 Å². The highest BCUT2D eigenvalue weighted by Crippen LogP contribution is 2.34. The molecule has 4 rings (SSSR count). The molecule has 0 amide bonds. The van der Waals surface area contributed by atoms with Crippen LogP contribution < -0.4 is 4.90 Å². The van der Waals surface area contributed by atoms with E-state index in [1.54, 1.807) is 0 Å². The van der Waals surface area contributed by atoms with Gasteiger partial charge >= 0.3 is 0 Å². The van der Waals surface area contributed by atoms with Gasteiger partial charge in [-0.15, -0.1) is 0 Å². The largest absolute Gasteiger partial charge is 0.311 e. The standard InChI is InChI=1S/C26H20BrN/c27-23-17-13-21(14-18-23)11-12-22-15-19-26(20-16-22)28(24-7-3-1-4-8-24)25-9-5-2-6-10-25/h1-20H. The maximum Gasteiger partial charge on any atom is 0.0462 e. The summed E-state index contributed by atoms with van der Waals surface area (Å²) in [6.07, 6.45) is 4.27. The van der Waals surface area contributed by atoms with Crippen LogP contribution in [0.5, 0.6) is 0 Å². The Morgan fingerprint density at radius 3 is 1.32 bits per heavy atom. The first-order chi connectivity index (χ1) is 13.8. The SMILES string of the molecule is Brc1ccc(C=Cc2ccc(N(c3ccccc3)c3ccccc3)cc2)cc1. The Morgan fingerprint density at radius 1 is 0.464 bits per heavy atom. The number of anilines is 3. The molecule has 0 saturated heterocycles. The van der Waals surface area contributed by atoms with E-state index in [1.165, 1.54) is 11.1 Å². The van der Waals surface area contributed by atoms with Crippen LogP contribution in [0.15, 0.2) is 114 Å². The average Bonchev–Trinajstić information content (AvgIpc) is 2.76. The number of benzene rings is 4. The summed E-state index contributed by atoms with van der Waals surface area (Å²) in [7, 11) is 0. The fourth-order valence-electron chi connectivity index (χ4n) is 3.10. The number of para-hydroxylation sites is 2. The lowest BCUT2D eigenvalue weighted by molar-refractivity contribution is 1.28. The zero-order chi connectivity index (χ0) is 19.2. The lowest BCUT2D eigenvalue weighted by Gasteiger charge is -2.25. The number of rotatable bonds is 5. The quantitative estimate of drug-likeness (QED) is 0.292. The van der Waals surface area contributed by atoms with E-state index in [1.807, 2.05) is 12.1 Å². The van der Waals surface area contributed by atoms with Gasteiger partial charge in [-0.25, -0.2) is 0 Å². The smallest absolute Gasteiger partial charge is 0.0462 e. The number of nitrogens with zero attached hydrogens (tertiary/aromatic N) is 1. The zero-order valence-corrected chi connectivity index (χ0v) is 17.0. The lowest BCUT2D eigenvalue weighted by atomic mass is 10.1. The van der Waals surface area contributed by atoms with E-state index in [0.29, 0.717) is 0 Å². The summed E-state index contributed by atoms with van der Waals surface area (Å²) in [6, 6.07) is 37.9. The molecule has 0 N–H and O–H groups in total. The van der Waals surface area contributed by atoms with Crippen LogP contribution in [0.4, 0.5) is 17.1 Å². The molecule has 4 aromatic carbocycles. The second-order valence-corrected chi connectivity index (χ2v) is 7.40. The number of hydrogen-bond donors (Lipinski definition) is 0. The minimum Gasteiger partial charge on any atom is -0.311 e. The first kappa shape index (κ1) is 18.3. The molecule has 28 heavy (non-hydrogen) atoms. The van der Waals surface area contributed by atoms with Crippen molar-refractivity contribution < 1.29 is 0 Å². The summed E-state index contributed by atoms with van der Waals surface area (Å²) in [5, 5.41) is 0. The van der Waals surface area contributed by atoms with Crippen molar-refractivity contribution in [3.8, 4) is 0 Å². The molecule has 0 heterocycles. The summed E-state index contributed by atoms with van der Waals surface area (Å²) in [5.74, 6) is 0. The summed E-state index contributed by atoms with van der Waals surface area (Å²) >= 11 is 3.47. The van der Waals surface area contributed by atoms with Crippen molar-refractivity contribution in [2.45, 2.75) is 0 Å². The molecule has 2 heteroatoms. The Hall–Kier alpha value is -3.10. The van der Waals surface area contributed by atoms with Crippen molar-refractivity contribution in [3.63, 3.8) is 0 Å². The van der Waals surface area contributed by atoms with Crippen LogP contribution >= 0.6 is 15.9 Å². The molecule has 0 fully saturated rings. The van der Waals surface area contributed by atoms with E-state index in [9.17, 15) is 0 Å². The summed E-state index contributed by atoms with van der Waals surface area (Å²) < 4.78 is 1.09. The van der Waals surface area contributed by atoms with Gasteiger partial charge in [0, 0.05) is 21.5 Å². The molecule has 0 bridgehead atoms. The van der Waals surface area contributed by atoms with Crippen LogP contribution in [0.2, 0.25) is 0 Å². The van der Waals surface area contributed by atoms with E-state index in [2.05, 4.69) is 130 Å². The van der Waals surface area contributed by atoms with E-state index in [4.69, 9.17) is 0 Å².